The maximum atomic E-state index is 8.79. The van der Waals surface area contributed by atoms with Gasteiger partial charge in [-0.25, -0.2) is 15.0 Å². The van der Waals surface area contributed by atoms with Crippen molar-refractivity contribution in [3.05, 3.63) is 72.1 Å². The van der Waals surface area contributed by atoms with Crippen molar-refractivity contribution in [2.24, 2.45) is 17.8 Å². The minimum absolute atomic E-state index is 0.0121. The van der Waals surface area contributed by atoms with Crippen molar-refractivity contribution in [2.75, 3.05) is 11.9 Å². The van der Waals surface area contributed by atoms with Gasteiger partial charge < -0.3 is 20.4 Å². The molecule has 0 aliphatic carbocycles. The number of aryl methyl sites for hydroxylation is 2. The molecule has 0 radical (unpaired) electrons. The molecule has 2 aromatic heterocycles. The van der Waals surface area contributed by atoms with Gasteiger partial charge in [0.2, 0.25) is 0 Å². The lowest BCUT2D eigenvalue weighted by atomic mass is 10.1. The molecule has 2 aromatic carbocycles. The predicted octanol–water partition coefficient (Wildman–Crippen LogP) is 4.21. The van der Waals surface area contributed by atoms with Crippen LogP contribution < -0.4 is 15.8 Å². The predicted molar refractivity (Wildman–Crippen MR) is 126 cm³/mol. The van der Waals surface area contributed by atoms with Crippen LogP contribution in [-0.2, 0) is 13.5 Å². The van der Waals surface area contributed by atoms with Gasteiger partial charge in [0.1, 0.15) is 29.0 Å². The summed E-state index contributed by atoms with van der Waals surface area (Å²) in [4.78, 5) is 13.7. The third-order valence-corrected chi connectivity index (χ3v) is 5.02. The van der Waals surface area contributed by atoms with Gasteiger partial charge in [0.15, 0.2) is 12.4 Å². The van der Waals surface area contributed by atoms with Crippen LogP contribution in [0, 0.1) is 11.3 Å². The fraction of sp³-hybridized carbons (Fsp3) is 0.167. The van der Waals surface area contributed by atoms with E-state index in [1.165, 1.54) is 0 Å². The average Bonchev–Trinajstić information content (AvgIpc) is 3.19. The van der Waals surface area contributed by atoms with Crippen molar-refractivity contribution in [3.8, 4) is 11.8 Å². The number of rotatable bonds is 7. The van der Waals surface area contributed by atoms with E-state index in [1.807, 2.05) is 72.3 Å². The molecule has 3 N–H and O–H groups in total. The number of aliphatic imine (C=N–C) groups is 1. The number of benzene rings is 2. The first-order valence-corrected chi connectivity index (χ1v) is 10.2. The molecule has 0 atom stereocenters. The number of imidazole rings is 1. The highest BCUT2D eigenvalue weighted by Crippen LogP contribution is 2.30. The normalized spacial score (nSPS) is 11.3. The Hall–Kier alpha value is -4.38. The molecule has 0 saturated carbocycles. The Morgan fingerprint density at radius 3 is 2.78 bits per heavy atom. The number of hydrogen-bond acceptors (Lipinski definition) is 6. The number of nitriles is 1. The van der Waals surface area contributed by atoms with Gasteiger partial charge in [-0.2, -0.15) is 5.26 Å². The van der Waals surface area contributed by atoms with Gasteiger partial charge in [0, 0.05) is 30.4 Å². The van der Waals surface area contributed by atoms with E-state index < -0.39 is 0 Å². The molecule has 0 fully saturated rings. The number of pyridine rings is 1. The first-order valence-electron chi connectivity index (χ1n) is 10.2. The molecule has 8 nitrogen and oxygen atoms in total. The molecule has 8 heteroatoms. The highest BCUT2D eigenvalue weighted by atomic mass is 16.5. The summed E-state index contributed by atoms with van der Waals surface area (Å²) in [6.45, 7) is 2.06. The molecule has 0 aliphatic rings. The highest BCUT2D eigenvalue weighted by Gasteiger charge is 2.13. The Morgan fingerprint density at radius 1 is 1.22 bits per heavy atom. The number of hydrogen-bond donors (Lipinski definition) is 2. The standard InChI is InChI=1S/C24H23N7O/c1-3-16-9-10-18(32-12-11-25)13-19(16)28-21-14-20-22(27-15-31(20)2)24(29-21)30-23(26)17-7-5-4-6-8-17/h4-10,13-15H,3,12H2,1-2H3,(H3,26,28,29,30). The van der Waals surface area contributed by atoms with E-state index in [0.29, 0.717) is 28.7 Å². The summed E-state index contributed by atoms with van der Waals surface area (Å²) in [5.74, 6) is 2.01. The van der Waals surface area contributed by atoms with Gasteiger partial charge >= 0.3 is 0 Å². The first-order chi connectivity index (χ1) is 15.6. The van der Waals surface area contributed by atoms with E-state index in [2.05, 4.69) is 22.2 Å². The number of amidine groups is 1. The number of ether oxygens (including phenoxy) is 1. The zero-order chi connectivity index (χ0) is 22.5. The summed E-state index contributed by atoms with van der Waals surface area (Å²) in [6, 6.07) is 19.2. The Labute approximate surface area is 186 Å². The molecule has 0 aliphatic heterocycles. The molecule has 2 heterocycles. The third kappa shape index (κ3) is 4.37. The summed E-state index contributed by atoms with van der Waals surface area (Å²) in [5, 5.41) is 12.2. The van der Waals surface area contributed by atoms with Crippen LogP contribution in [0.2, 0.25) is 0 Å². The van der Waals surface area contributed by atoms with Crippen molar-refractivity contribution >= 4 is 34.2 Å². The van der Waals surface area contributed by atoms with Gasteiger partial charge in [-0.1, -0.05) is 43.3 Å². The van der Waals surface area contributed by atoms with E-state index >= 15 is 0 Å². The third-order valence-electron chi connectivity index (χ3n) is 5.02. The van der Waals surface area contributed by atoms with Crippen LogP contribution in [0.25, 0.3) is 11.0 Å². The number of nitrogens with two attached hydrogens (primary N) is 1. The zero-order valence-electron chi connectivity index (χ0n) is 17.9. The second kappa shape index (κ2) is 9.18. The van der Waals surface area contributed by atoms with Crippen molar-refractivity contribution in [1.29, 1.82) is 5.26 Å². The molecule has 4 aromatic rings. The Balaban J connectivity index is 1.76. The minimum Gasteiger partial charge on any atom is -0.479 e. The Morgan fingerprint density at radius 2 is 2.03 bits per heavy atom. The largest absolute Gasteiger partial charge is 0.479 e. The van der Waals surface area contributed by atoms with Crippen LogP contribution in [-0.4, -0.2) is 27.0 Å². The van der Waals surface area contributed by atoms with E-state index in [-0.39, 0.29) is 6.61 Å². The second-order valence-corrected chi connectivity index (χ2v) is 7.16. The monoisotopic (exact) mass is 425 g/mol. The molecule has 0 bridgehead atoms. The topological polar surface area (TPSA) is 114 Å². The van der Waals surface area contributed by atoms with Crippen LogP contribution in [0.15, 0.2) is 65.9 Å². The number of nitrogens with zero attached hydrogens (tertiary/aromatic N) is 5. The lowest BCUT2D eigenvalue weighted by Gasteiger charge is -2.13. The molecule has 0 saturated heterocycles. The minimum atomic E-state index is -0.0121. The van der Waals surface area contributed by atoms with E-state index in [4.69, 9.17) is 20.7 Å². The summed E-state index contributed by atoms with van der Waals surface area (Å²) in [7, 11) is 1.92. The molecule has 4 rings (SSSR count). The quantitative estimate of drug-likeness (QED) is 0.339. The molecule has 32 heavy (non-hydrogen) atoms. The van der Waals surface area contributed by atoms with Crippen LogP contribution >= 0.6 is 0 Å². The molecular formula is C24H23N7O. The van der Waals surface area contributed by atoms with Crippen LogP contribution in [0.1, 0.15) is 18.1 Å². The lowest BCUT2D eigenvalue weighted by molar-refractivity contribution is 0.368. The fourth-order valence-corrected chi connectivity index (χ4v) is 3.36. The number of fused-ring (bicyclic) bond motifs is 1. The van der Waals surface area contributed by atoms with Gasteiger partial charge in [-0.3, -0.25) is 0 Å². The molecule has 0 amide bonds. The van der Waals surface area contributed by atoms with E-state index in [9.17, 15) is 0 Å². The maximum absolute atomic E-state index is 8.79. The first kappa shape index (κ1) is 20.9. The maximum Gasteiger partial charge on any atom is 0.184 e. The molecular weight excluding hydrogens is 402 g/mol. The van der Waals surface area contributed by atoms with Gasteiger partial charge in [-0.15, -0.1) is 0 Å². The van der Waals surface area contributed by atoms with Crippen molar-refractivity contribution in [1.82, 2.24) is 14.5 Å². The lowest BCUT2D eigenvalue weighted by Crippen LogP contribution is -2.12. The van der Waals surface area contributed by atoms with E-state index in [1.54, 1.807) is 6.33 Å². The van der Waals surface area contributed by atoms with Crippen LogP contribution in [0.4, 0.5) is 17.3 Å². The number of nitrogens with one attached hydrogen (secondary N) is 1. The zero-order valence-corrected chi connectivity index (χ0v) is 17.9. The summed E-state index contributed by atoms with van der Waals surface area (Å²) in [6.07, 6.45) is 2.54. The summed E-state index contributed by atoms with van der Waals surface area (Å²) >= 11 is 0. The van der Waals surface area contributed by atoms with E-state index in [0.717, 1.165) is 28.8 Å². The molecule has 0 unspecified atom stereocenters. The average molecular weight is 425 g/mol. The number of anilines is 2. The van der Waals surface area contributed by atoms with Gasteiger partial charge in [-0.05, 0) is 18.1 Å². The number of aromatic nitrogens is 3. The van der Waals surface area contributed by atoms with Crippen molar-refractivity contribution in [2.45, 2.75) is 13.3 Å². The van der Waals surface area contributed by atoms with Crippen molar-refractivity contribution < 1.29 is 4.74 Å². The van der Waals surface area contributed by atoms with Crippen LogP contribution in [0.3, 0.4) is 0 Å². The van der Waals surface area contributed by atoms with Gasteiger partial charge in [0.05, 0.1) is 11.8 Å². The Kier molecular flexibility index (Phi) is 5.99. The smallest absolute Gasteiger partial charge is 0.184 e. The van der Waals surface area contributed by atoms with Crippen LogP contribution in [0.5, 0.6) is 5.75 Å². The highest BCUT2D eigenvalue weighted by molar-refractivity contribution is 6.01. The SMILES string of the molecule is CCc1ccc(OCC#N)cc1Nc1cc2c(ncn2C)c(/N=C(\N)c2ccccc2)n1. The second-order valence-electron chi connectivity index (χ2n) is 7.16. The van der Waals surface area contributed by atoms with Gasteiger partial charge in [0.25, 0.3) is 0 Å². The molecule has 0 spiro atoms. The van der Waals surface area contributed by atoms with Crippen molar-refractivity contribution in [3.63, 3.8) is 0 Å². The summed E-state index contributed by atoms with van der Waals surface area (Å²) < 4.78 is 7.37. The summed E-state index contributed by atoms with van der Waals surface area (Å²) in [5.41, 5.74) is 10.5. The fourth-order valence-electron chi connectivity index (χ4n) is 3.36. The Bertz CT molecular complexity index is 1320. The molecule has 160 valence electrons.